The summed E-state index contributed by atoms with van der Waals surface area (Å²) in [6, 6.07) is 28.8. The minimum atomic E-state index is -0.470. The van der Waals surface area contributed by atoms with Gasteiger partial charge in [-0.15, -0.1) is 0 Å². The number of fused-ring (bicyclic) bond motifs is 2. The number of imidazole rings is 2. The highest BCUT2D eigenvalue weighted by molar-refractivity contribution is 6.08. The first-order valence-electron chi connectivity index (χ1n) is 17.2. The van der Waals surface area contributed by atoms with Gasteiger partial charge in [0.05, 0.1) is 59.2 Å². The van der Waals surface area contributed by atoms with E-state index in [1.165, 1.54) is 20.4 Å². The molecule has 2 amide bonds. The van der Waals surface area contributed by atoms with E-state index in [4.69, 9.17) is 14.5 Å². The maximum Gasteiger partial charge on any atom is 0.259 e. The zero-order valence-corrected chi connectivity index (χ0v) is 30.2. The van der Waals surface area contributed by atoms with Crippen molar-refractivity contribution in [3.8, 4) is 40.0 Å². The average Bonchev–Trinajstić information content (AvgIpc) is 3.72. The number of anilines is 2. The first-order chi connectivity index (χ1) is 26.7. The van der Waals surface area contributed by atoms with Gasteiger partial charge in [0.15, 0.2) is 18.2 Å². The van der Waals surface area contributed by atoms with Crippen LogP contribution in [-0.2, 0) is 14.1 Å². The minimum absolute atomic E-state index is 0.271. The number of halogens is 1. The van der Waals surface area contributed by atoms with Gasteiger partial charge in [0.25, 0.3) is 11.8 Å². The number of carbonyl (C=O) groups is 2. The number of ether oxygens (including phenoxy) is 2. The minimum Gasteiger partial charge on any atom is -0.496 e. The van der Waals surface area contributed by atoms with E-state index in [1.807, 2.05) is 71.0 Å². The van der Waals surface area contributed by atoms with Crippen molar-refractivity contribution in [1.82, 2.24) is 24.1 Å². The summed E-state index contributed by atoms with van der Waals surface area (Å²) in [7, 11) is 6.78. The molecule has 0 spiro atoms. The molecule has 4 aromatic carbocycles. The van der Waals surface area contributed by atoms with Crippen LogP contribution < -0.4 is 24.7 Å². The normalized spacial score (nSPS) is 11.1. The van der Waals surface area contributed by atoms with Crippen molar-refractivity contribution < 1.29 is 28.0 Å². The number of aromatic nitrogens is 6. The van der Waals surface area contributed by atoms with Gasteiger partial charge in [0.2, 0.25) is 5.69 Å². The summed E-state index contributed by atoms with van der Waals surface area (Å²) < 4.78 is 31.1. The zero-order chi connectivity index (χ0) is 38.2. The number of benzene rings is 4. The van der Waals surface area contributed by atoms with Crippen molar-refractivity contribution in [2.75, 3.05) is 24.9 Å². The number of nitrogens with one attached hydrogen (secondary N) is 2. The van der Waals surface area contributed by atoms with Gasteiger partial charge in [0.1, 0.15) is 23.1 Å². The van der Waals surface area contributed by atoms with Crippen molar-refractivity contribution in [3.63, 3.8) is 0 Å². The van der Waals surface area contributed by atoms with Crippen LogP contribution in [0.4, 0.5) is 15.8 Å². The van der Waals surface area contributed by atoms with Gasteiger partial charge in [-0.3, -0.25) is 14.6 Å². The smallest absolute Gasteiger partial charge is 0.259 e. The van der Waals surface area contributed by atoms with Crippen LogP contribution in [-0.4, -0.2) is 50.1 Å². The Kier molecular flexibility index (Phi) is 8.95. The molecular formula is C42H34FN8O4+. The molecule has 13 heteroatoms. The third-order valence-corrected chi connectivity index (χ3v) is 9.46. The molecule has 8 aromatic rings. The van der Waals surface area contributed by atoms with Gasteiger partial charge in [0, 0.05) is 61.5 Å². The Bertz CT molecular complexity index is 2780. The lowest BCUT2D eigenvalue weighted by molar-refractivity contribution is -0.595. The Morgan fingerprint density at radius 2 is 1.29 bits per heavy atom. The molecule has 12 nitrogen and oxygen atoms in total. The Morgan fingerprint density at radius 3 is 1.95 bits per heavy atom. The predicted molar refractivity (Wildman–Crippen MR) is 207 cm³/mol. The number of amides is 2. The number of rotatable bonds is 9. The molecular weight excluding hydrogens is 700 g/mol. The van der Waals surface area contributed by atoms with E-state index < -0.39 is 5.82 Å². The molecule has 0 aliphatic rings. The summed E-state index contributed by atoms with van der Waals surface area (Å²) in [5.74, 6) is 0.996. The quantitative estimate of drug-likeness (QED) is 0.151. The van der Waals surface area contributed by atoms with Crippen LogP contribution in [0.2, 0.25) is 0 Å². The summed E-state index contributed by atoms with van der Waals surface area (Å²) >= 11 is 0. The largest absolute Gasteiger partial charge is 0.496 e. The summed E-state index contributed by atoms with van der Waals surface area (Å²) in [6.45, 7) is 0. The SMILES string of the molecule is COc1ccccc1C(=O)Nc1ccc2nc(-c3cc[n+](-c4ccc(OC)c(C(=O)Nc5ccc6nc(-c7ccncc7F)n(C)c6c5)c4)cc3)n(C)c2c1. The molecule has 272 valence electrons. The topological polar surface area (TPSA) is 129 Å². The van der Waals surface area contributed by atoms with Crippen LogP contribution in [0, 0.1) is 5.82 Å². The van der Waals surface area contributed by atoms with E-state index in [0.717, 1.165) is 39.8 Å². The third-order valence-electron chi connectivity index (χ3n) is 9.46. The molecule has 0 radical (unpaired) electrons. The highest BCUT2D eigenvalue weighted by Crippen LogP contribution is 2.30. The highest BCUT2D eigenvalue weighted by Gasteiger charge is 2.20. The van der Waals surface area contributed by atoms with E-state index in [9.17, 15) is 14.0 Å². The number of carbonyl (C=O) groups excluding carboxylic acids is 2. The fourth-order valence-corrected chi connectivity index (χ4v) is 6.60. The molecule has 0 aliphatic heterocycles. The van der Waals surface area contributed by atoms with Gasteiger partial charge in [-0.1, -0.05) is 12.1 Å². The van der Waals surface area contributed by atoms with Crippen LogP contribution in [0.25, 0.3) is 50.5 Å². The van der Waals surface area contributed by atoms with E-state index >= 15 is 0 Å². The number of nitrogens with zero attached hydrogens (tertiary/aromatic N) is 6. The second-order valence-electron chi connectivity index (χ2n) is 12.7. The van der Waals surface area contributed by atoms with Crippen LogP contribution in [0.1, 0.15) is 20.7 Å². The molecule has 2 N–H and O–H groups in total. The molecule has 0 bridgehead atoms. The van der Waals surface area contributed by atoms with Crippen molar-refractivity contribution in [1.29, 1.82) is 0 Å². The van der Waals surface area contributed by atoms with E-state index in [0.29, 0.717) is 50.9 Å². The third kappa shape index (κ3) is 6.48. The number of aryl methyl sites for hydroxylation is 2. The Hall–Kier alpha value is -7.41. The fourth-order valence-electron chi connectivity index (χ4n) is 6.60. The Labute approximate surface area is 314 Å². The molecule has 0 saturated heterocycles. The first-order valence-corrected chi connectivity index (χ1v) is 17.2. The maximum absolute atomic E-state index is 14.5. The average molecular weight is 734 g/mol. The molecule has 4 aromatic heterocycles. The Morgan fingerprint density at radius 1 is 0.691 bits per heavy atom. The number of pyridine rings is 2. The van der Waals surface area contributed by atoms with Crippen molar-refractivity contribution in [2.45, 2.75) is 0 Å². The van der Waals surface area contributed by atoms with Gasteiger partial charge >= 0.3 is 0 Å². The molecule has 0 fully saturated rings. The lowest BCUT2D eigenvalue weighted by Crippen LogP contribution is -2.30. The second-order valence-corrected chi connectivity index (χ2v) is 12.7. The fraction of sp³-hybridized carbons (Fsp3) is 0.0952. The summed E-state index contributed by atoms with van der Waals surface area (Å²) in [5.41, 5.74) is 6.91. The van der Waals surface area contributed by atoms with Gasteiger partial charge in [-0.2, -0.15) is 4.57 Å². The van der Waals surface area contributed by atoms with Crippen LogP contribution in [0.5, 0.6) is 11.5 Å². The summed E-state index contributed by atoms with van der Waals surface area (Å²) in [4.78, 5) is 40.0. The Balaban J connectivity index is 1.02. The standard InChI is InChI=1S/C42H33FN8O4/c1-49-35-21-26(45-41(52)30-7-5-6-8-37(30)54-3)9-12-33(35)47-39(49)25-16-19-51(20-17-25)28-11-14-38(55-4)31(23-28)42(53)46-27-10-13-34-36(22-27)50(2)40(48-34)29-15-18-44-24-32(29)43/h5-24H,1-4H3,(H,44,46,53)/p+1. The van der Waals surface area contributed by atoms with Gasteiger partial charge in [-0.25, -0.2) is 14.4 Å². The van der Waals surface area contributed by atoms with Gasteiger partial charge in [-0.05, 0) is 60.7 Å². The van der Waals surface area contributed by atoms with E-state index in [-0.39, 0.29) is 11.8 Å². The van der Waals surface area contributed by atoms with Crippen molar-refractivity contribution in [3.05, 3.63) is 139 Å². The van der Waals surface area contributed by atoms with Crippen LogP contribution in [0.15, 0.2) is 122 Å². The first kappa shape index (κ1) is 34.7. The highest BCUT2D eigenvalue weighted by atomic mass is 19.1. The van der Waals surface area contributed by atoms with Crippen LogP contribution in [0.3, 0.4) is 0 Å². The number of methoxy groups -OCH3 is 2. The maximum atomic E-state index is 14.5. The number of hydrogen-bond acceptors (Lipinski definition) is 7. The second kappa shape index (κ2) is 14.2. The molecule has 0 saturated carbocycles. The van der Waals surface area contributed by atoms with Crippen molar-refractivity contribution in [2.24, 2.45) is 14.1 Å². The lowest BCUT2D eigenvalue weighted by Gasteiger charge is -2.10. The zero-order valence-electron chi connectivity index (χ0n) is 30.2. The monoisotopic (exact) mass is 733 g/mol. The molecule has 0 atom stereocenters. The predicted octanol–water partition coefficient (Wildman–Crippen LogP) is 7.13. The molecule has 0 unspecified atom stereocenters. The van der Waals surface area contributed by atoms with Crippen molar-refractivity contribution >= 4 is 45.3 Å². The number of hydrogen-bond donors (Lipinski definition) is 2. The molecule has 55 heavy (non-hydrogen) atoms. The van der Waals surface area contributed by atoms with E-state index in [1.54, 1.807) is 66.2 Å². The van der Waals surface area contributed by atoms with Gasteiger partial charge < -0.3 is 29.2 Å². The number of para-hydroxylation sites is 1. The molecule has 4 heterocycles. The van der Waals surface area contributed by atoms with E-state index in [2.05, 4.69) is 20.6 Å². The molecule has 0 aliphatic carbocycles. The lowest BCUT2D eigenvalue weighted by atomic mass is 10.1. The summed E-state index contributed by atoms with van der Waals surface area (Å²) in [6.07, 6.45) is 6.47. The van der Waals surface area contributed by atoms with Crippen LogP contribution >= 0.6 is 0 Å². The molecule has 8 rings (SSSR count). The summed E-state index contributed by atoms with van der Waals surface area (Å²) in [5, 5.41) is 5.94.